The van der Waals surface area contributed by atoms with Gasteiger partial charge in [0, 0.05) is 11.8 Å². The molecule has 22 heavy (non-hydrogen) atoms. The Bertz CT molecular complexity index is 821. The molecule has 3 rings (SSSR count). The lowest BCUT2D eigenvalue weighted by atomic mass is 10.0. The van der Waals surface area contributed by atoms with Crippen LogP contribution in [0.3, 0.4) is 0 Å². The van der Waals surface area contributed by atoms with Gasteiger partial charge in [0.2, 0.25) is 5.91 Å². The van der Waals surface area contributed by atoms with Crippen molar-refractivity contribution < 1.29 is 17.9 Å². The summed E-state index contributed by atoms with van der Waals surface area (Å²) >= 11 is 5.67. The molecule has 114 valence electrons. The number of hydrogen-bond donors (Lipinski definition) is 1. The van der Waals surface area contributed by atoms with Gasteiger partial charge < -0.3 is 4.74 Å². The van der Waals surface area contributed by atoms with Gasteiger partial charge in [-0.1, -0.05) is 29.8 Å². The van der Waals surface area contributed by atoms with E-state index < -0.39 is 21.8 Å². The predicted molar refractivity (Wildman–Crippen MR) is 79.3 cm³/mol. The minimum atomic E-state index is -4.04. The quantitative estimate of drug-likeness (QED) is 0.921. The van der Waals surface area contributed by atoms with Gasteiger partial charge in [-0.15, -0.1) is 0 Å². The number of amides is 1. The Kier molecular flexibility index (Phi) is 3.76. The van der Waals surface area contributed by atoms with Gasteiger partial charge in [0.25, 0.3) is 10.0 Å². The zero-order chi connectivity index (χ0) is 15.7. The van der Waals surface area contributed by atoms with E-state index in [0.29, 0.717) is 16.3 Å². The monoisotopic (exact) mass is 338 g/mol. The largest absolute Gasteiger partial charge is 0.492 e. The van der Waals surface area contributed by atoms with Crippen LogP contribution >= 0.6 is 11.6 Å². The second-order valence-corrected chi connectivity index (χ2v) is 6.75. The second-order valence-electron chi connectivity index (χ2n) is 4.69. The van der Waals surface area contributed by atoms with E-state index in [9.17, 15) is 13.2 Å². The molecule has 1 amide bonds. The van der Waals surface area contributed by atoms with Crippen LogP contribution in [0.5, 0.6) is 5.75 Å². The number of carbonyl (C=O) groups is 1. The Morgan fingerprint density at radius 2 is 2.05 bits per heavy atom. The Morgan fingerprint density at radius 3 is 2.77 bits per heavy atom. The smallest absolute Gasteiger partial charge is 0.281 e. The zero-order valence-electron chi connectivity index (χ0n) is 11.2. The third-order valence-corrected chi connectivity index (χ3v) is 4.71. The number of hydrogen-bond acceptors (Lipinski definition) is 5. The SMILES string of the molecule is O=C(NS(=O)(=O)c1ccc(Cl)cn1)[C@@H]1COc2ccccc21. The molecule has 1 aromatic heterocycles. The van der Waals surface area contributed by atoms with Crippen LogP contribution in [0, 0.1) is 0 Å². The number of nitrogens with zero attached hydrogens (tertiary/aromatic N) is 1. The Balaban J connectivity index is 1.81. The average Bonchev–Trinajstić information content (AvgIpc) is 2.91. The molecule has 0 fully saturated rings. The lowest BCUT2D eigenvalue weighted by Gasteiger charge is -2.10. The lowest BCUT2D eigenvalue weighted by Crippen LogP contribution is -2.35. The summed E-state index contributed by atoms with van der Waals surface area (Å²) < 4.78 is 31.7. The number of benzene rings is 1. The minimum Gasteiger partial charge on any atom is -0.492 e. The third-order valence-electron chi connectivity index (χ3n) is 3.23. The molecule has 0 saturated heterocycles. The number of nitrogens with one attached hydrogen (secondary N) is 1. The molecule has 0 unspecified atom stereocenters. The van der Waals surface area contributed by atoms with Crippen LogP contribution in [0.2, 0.25) is 5.02 Å². The van der Waals surface area contributed by atoms with E-state index in [2.05, 4.69) is 4.98 Å². The molecule has 1 aliphatic heterocycles. The van der Waals surface area contributed by atoms with Crippen molar-refractivity contribution >= 4 is 27.5 Å². The molecule has 2 heterocycles. The number of rotatable bonds is 3. The fraction of sp³-hybridized carbons (Fsp3) is 0.143. The molecule has 1 atom stereocenters. The molecule has 6 nitrogen and oxygen atoms in total. The lowest BCUT2D eigenvalue weighted by molar-refractivity contribution is -0.120. The summed E-state index contributed by atoms with van der Waals surface area (Å²) in [6, 6.07) is 9.65. The number of pyridine rings is 1. The fourth-order valence-corrected chi connectivity index (χ4v) is 3.22. The average molecular weight is 339 g/mol. The van der Waals surface area contributed by atoms with Gasteiger partial charge >= 0.3 is 0 Å². The third kappa shape index (κ3) is 2.77. The van der Waals surface area contributed by atoms with Crippen LogP contribution in [0.1, 0.15) is 11.5 Å². The number of ether oxygens (including phenoxy) is 1. The summed E-state index contributed by atoms with van der Waals surface area (Å²) in [4.78, 5) is 15.9. The highest BCUT2D eigenvalue weighted by molar-refractivity contribution is 7.90. The predicted octanol–water partition coefficient (Wildman–Crippen LogP) is 1.72. The normalized spacial score (nSPS) is 16.7. The molecule has 1 aliphatic rings. The van der Waals surface area contributed by atoms with E-state index in [-0.39, 0.29) is 11.6 Å². The van der Waals surface area contributed by atoms with Crippen LogP contribution in [0.25, 0.3) is 0 Å². The van der Waals surface area contributed by atoms with Gasteiger partial charge in [-0.05, 0) is 18.2 Å². The highest BCUT2D eigenvalue weighted by atomic mass is 35.5. The molecule has 0 aliphatic carbocycles. The van der Waals surface area contributed by atoms with Crippen LogP contribution in [0.4, 0.5) is 0 Å². The van der Waals surface area contributed by atoms with Crippen molar-refractivity contribution in [3.8, 4) is 5.75 Å². The highest BCUT2D eigenvalue weighted by Crippen LogP contribution is 2.33. The molecular weight excluding hydrogens is 328 g/mol. The summed E-state index contributed by atoms with van der Waals surface area (Å²) in [6.07, 6.45) is 1.20. The van der Waals surface area contributed by atoms with E-state index >= 15 is 0 Å². The summed E-state index contributed by atoms with van der Waals surface area (Å²) in [5.74, 6) is -0.732. The molecule has 0 bridgehead atoms. The van der Waals surface area contributed by atoms with E-state index in [1.807, 2.05) is 4.72 Å². The van der Waals surface area contributed by atoms with Crippen molar-refractivity contribution in [2.45, 2.75) is 10.9 Å². The van der Waals surface area contributed by atoms with Crippen molar-refractivity contribution in [1.82, 2.24) is 9.71 Å². The summed E-state index contributed by atoms with van der Waals surface area (Å²) in [5, 5.41) is 0.0425. The van der Waals surface area contributed by atoms with Crippen molar-refractivity contribution in [1.29, 1.82) is 0 Å². The molecule has 8 heteroatoms. The van der Waals surface area contributed by atoms with E-state index in [4.69, 9.17) is 16.3 Å². The van der Waals surface area contributed by atoms with E-state index in [0.717, 1.165) is 0 Å². The van der Waals surface area contributed by atoms with Gasteiger partial charge in [-0.3, -0.25) is 4.79 Å². The molecule has 0 radical (unpaired) electrons. The van der Waals surface area contributed by atoms with Crippen molar-refractivity contribution in [2.24, 2.45) is 0 Å². The van der Waals surface area contributed by atoms with E-state index in [1.54, 1.807) is 24.3 Å². The first-order valence-corrected chi connectivity index (χ1v) is 8.23. The highest BCUT2D eigenvalue weighted by Gasteiger charge is 2.33. The number of halogens is 1. The maximum Gasteiger partial charge on any atom is 0.281 e. The van der Waals surface area contributed by atoms with Crippen molar-refractivity contribution in [2.75, 3.05) is 6.61 Å². The van der Waals surface area contributed by atoms with E-state index in [1.165, 1.54) is 18.3 Å². The van der Waals surface area contributed by atoms with Gasteiger partial charge in [-0.25, -0.2) is 9.71 Å². The zero-order valence-corrected chi connectivity index (χ0v) is 12.8. The first-order valence-electron chi connectivity index (χ1n) is 6.37. The van der Waals surface area contributed by atoms with Crippen LogP contribution in [-0.4, -0.2) is 25.9 Å². The maximum atomic E-state index is 12.2. The number of aromatic nitrogens is 1. The van der Waals surface area contributed by atoms with Crippen molar-refractivity contribution in [3.63, 3.8) is 0 Å². The maximum absolute atomic E-state index is 12.2. The van der Waals surface area contributed by atoms with Crippen LogP contribution < -0.4 is 9.46 Å². The Morgan fingerprint density at radius 1 is 1.27 bits per heavy atom. The van der Waals surface area contributed by atoms with Gasteiger partial charge in [0.1, 0.15) is 18.3 Å². The first-order chi connectivity index (χ1) is 10.5. The van der Waals surface area contributed by atoms with Crippen molar-refractivity contribution in [3.05, 3.63) is 53.2 Å². The first kappa shape index (κ1) is 14.8. The Hall–Kier alpha value is -2.12. The molecule has 1 aromatic carbocycles. The number of para-hydroxylation sites is 1. The molecular formula is C14H11ClN2O4S. The Labute approximate surface area is 132 Å². The number of fused-ring (bicyclic) bond motifs is 1. The number of carbonyl (C=O) groups excluding carboxylic acids is 1. The summed E-state index contributed by atoms with van der Waals surface area (Å²) in [6.45, 7) is 0.106. The van der Waals surface area contributed by atoms with Gasteiger partial charge in [0.15, 0.2) is 5.03 Å². The fourth-order valence-electron chi connectivity index (χ4n) is 2.16. The molecule has 2 aromatic rings. The van der Waals surface area contributed by atoms with Gasteiger partial charge in [-0.2, -0.15) is 8.42 Å². The number of sulfonamides is 1. The molecule has 1 N–H and O–H groups in total. The van der Waals surface area contributed by atoms with Crippen LogP contribution in [0.15, 0.2) is 47.6 Å². The van der Waals surface area contributed by atoms with Gasteiger partial charge in [0.05, 0.1) is 5.02 Å². The summed E-state index contributed by atoms with van der Waals surface area (Å²) in [7, 11) is -4.04. The molecule has 0 saturated carbocycles. The summed E-state index contributed by atoms with van der Waals surface area (Å²) in [5.41, 5.74) is 0.666. The molecule has 0 spiro atoms. The second kappa shape index (κ2) is 5.58. The topological polar surface area (TPSA) is 85.4 Å². The standard InChI is InChI=1S/C14H11ClN2O4S/c15-9-5-6-13(16-7-9)22(19,20)17-14(18)11-8-21-12-4-2-1-3-10(11)12/h1-7,11H,8H2,(H,17,18)/t11-/m1/s1. The minimum absolute atomic E-state index is 0.106. The van der Waals surface area contributed by atoms with Crippen LogP contribution in [-0.2, 0) is 14.8 Å².